The van der Waals surface area contributed by atoms with Crippen LogP contribution in [0.2, 0.25) is 0 Å². The molecule has 0 aliphatic carbocycles. The van der Waals surface area contributed by atoms with Gasteiger partial charge in [0.2, 0.25) is 0 Å². The van der Waals surface area contributed by atoms with Gasteiger partial charge in [-0.1, -0.05) is 11.6 Å². The topological polar surface area (TPSA) is 39.4 Å². The van der Waals surface area contributed by atoms with Crippen molar-refractivity contribution in [3.63, 3.8) is 0 Å². The smallest absolute Gasteiger partial charge is 0.336 e. The predicted octanol–water partition coefficient (Wildman–Crippen LogP) is 3.31. The lowest BCUT2D eigenvalue weighted by Crippen LogP contribution is -1.97. The van der Waals surface area contributed by atoms with Crippen molar-refractivity contribution in [1.82, 2.24) is 0 Å². The van der Waals surface area contributed by atoms with Crippen LogP contribution in [0.25, 0.3) is 11.0 Å². The van der Waals surface area contributed by atoms with Gasteiger partial charge in [0.25, 0.3) is 0 Å². The molecule has 3 nitrogen and oxygen atoms in total. The van der Waals surface area contributed by atoms with Gasteiger partial charge in [0.05, 0.1) is 7.11 Å². The van der Waals surface area contributed by atoms with E-state index in [2.05, 4.69) is 19.9 Å². The van der Waals surface area contributed by atoms with E-state index in [4.69, 9.17) is 9.15 Å². The molecular weight excluding hydrogens is 228 g/mol. The highest BCUT2D eigenvalue weighted by Gasteiger charge is 2.06. The average molecular weight is 244 g/mol. The molecule has 3 heteroatoms. The Morgan fingerprint density at radius 3 is 2.78 bits per heavy atom. The van der Waals surface area contributed by atoms with Gasteiger partial charge in [-0.05, 0) is 38.0 Å². The normalized spacial score (nSPS) is 10.4. The van der Waals surface area contributed by atoms with Gasteiger partial charge in [-0.2, -0.15) is 0 Å². The molecule has 0 amide bonds. The Morgan fingerprint density at radius 1 is 1.33 bits per heavy atom. The summed E-state index contributed by atoms with van der Waals surface area (Å²) in [5.74, 6) is 0.703. The predicted molar refractivity (Wildman–Crippen MR) is 72.2 cm³/mol. The summed E-state index contributed by atoms with van der Waals surface area (Å²) in [6.45, 7) is 4.12. The first-order valence-electron chi connectivity index (χ1n) is 5.84. The standard InChI is InChI=1S/C15H16O3/c1-10(2)4-5-11-8-12(17-3)9-14-13(11)6-7-15(16)18-14/h4,6-9H,5H2,1-3H3. The summed E-state index contributed by atoms with van der Waals surface area (Å²) in [6, 6.07) is 6.96. The van der Waals surface area contributed by atoms with Gasteiger partial charge in [0.15, 0.2) is 0 Å². The summed E-state index contributed by atoms with van der Waals surface area (Å²) in [6.07, 6.45) is 2.93. The van der Waals surface area contributed by atoms with E-state index in [-0.39, 0.29) is 5.63 Å². The van der Waals surface area contributed by atoms with Gasteiger partial charge >= 0.3 is 5.63 Å². The number of benzene rings is 1. The second-order valence-corrected chi connectivity index (χ2v) is 4.44. The number of hydrogen-bond acceptors (Lipinski definition) is 3. The molecule has 0 saturated carbocycles. The van der Waals surface area contributed by atoms with Crippen molar-refractivity contribution in [3.05, 3.63) is 51.9 Å². The highest BCUT2D eigenvalue weighted by atomic mass is 16.5. The minimum absolute atomic E-state index is 0.344. The quantitative estimate of drug-likeness (QED) is 0.614. The first-order valence-corrected chi connectivity index (χ1v) is 5.84. The third-order valence-electron chi connectivity index (χ3n) is 2.76. The number of hydrogen-bond donors (Lipinski definition) is 0. The molecule has 18 heavy (non-hydrogen) atoms. The summed E-state index contributed by atoms with van der Waals surface area (Å²) in [4.78, 5) is 11.2. The van der Waals surface area contributed by atoms with Crippen LogP contribution in [-0.2, 0) is 6.42 Å². The minimum atomic E-state index is -0.344. The van der Waals surface area contributed by atoms with Crippen LogP contribution in [-0.4, -0.2) is 7.11 Å². The monoisotopic (exact) mass is 244 g/mol. The van der Waals surface area contributed by atoms with Gasteiger partial charge < -0.3 is 9.15 Å². The number of methoxy groups -OCH3 is 1. The Balaban J connectivity index is 2.62. The summed E-state index contributed by atoms with van der Waals surface area (Å²) in [5, 5.41) is 0.952. The van der Waals surface area contributed by atoms with Crippen molar-refractivity contribution in [2.45, 2.75) is 20.3 Å². The van der Waals surface area contributed by atoms with Crippen LogP contribution in [0.1, 0.15) is 19.4 Å². The maximum absolute atomic E-state index is 11.2. The Kier molecular flexibility index (Phi) is 3.51. The van der Waals surface area contributed by atoms with Gasteiger partial charge in [-0.25, -0.2) is 4.79 Å². The molecule has 0 aliphatic rings. The van der Waals surface area contributed by atoms with Crippen molar-refractivity contribution in [1.29, 1.82) is 0 Å². The van der Waals surface area contributed by atoms with E-state index in [1.165, 1.54) is 11.6 Å². The van der Waals surface area contributed by atoms with Crippen LogP contribution in [0.3, 0.4) is 0 Å². The summed E-state index contributed by atoms with van der Waals surface area (Å²) in [5.41, 5.74) is 2.57. The van der Waals surface area contributed by atoms with Crippen molar-refractivity contribution >= 4 is 11.0 Å². The fourth-order valence-electron chi connectivity index (χ4n) is 1.82. The fourth-order valence-corrected chi connectivity index (χ4v) is 1.82. The van der Waals surface area contributed by atoms with Crippen molar-refractivity contribution in [2.75, 3.05) is 7.11 Å². The van der Waals surface area contributed by atoms with E-state index >= 15 is 0 Å². The molecule has 1 heterocycles. The van der Waals surface area contributed by atoms with Crippen LogP contribution in [0.5, 0.6) is 5.75 Å². The van der Waals surface area contributed by atoms with Gasteiger partial charge in [-0.3, -0.25) is 0 Å². The van der Waals surface area contributed by atoms with Crippen LogP contribution >= 0.6 is 0 Å². The SMILES string of the molecule is COc1cc(CC=C(C)C)c2ccc(=O)oc2c1. The lowest BCUT2D eigenvalue weighted by molar-refractivity contribution is 0.413. The Bertz CT molecular complexity index is 646. The van der Waals surface area contributed by atoms with Gasteiger partial charge in [-0.15, -0.1) is 0 Å². The molecule has 0 atom stereocenters. The van der Waals surface area contributed by atoms with Crippen LogP contribution in [0, 0.1) is 0 Å². The number of allylic oxidation sites excluding steroid dienone is 2. The van der Waals surface area contributed by atoms with Crippen LogP contribution in [0.15, 0.2) is 45.1 Å². The Morgan fingerprint density at radius 2 is 2.11 bits per heavy atom. The van der Waals surface area contributed by atoms with Crippen molar-refractivity contribution in [2.24, 2.45) is 0 Å². The molecule has 2 rings (SSSR count). The molecule has 0 bridgehead atoms. The average Bonchev–Trinajstić information content (AvgIpc) is 2.34. The molecular formula is C15H16O3. The lowest BCUT2D eigenvalue weighted by Gasteiger charge is -2.07. The fraction of sp³-hybridized carbons (Fsp3) is 0.267. The largest absolute Gasteiger partial charge is 0.497 e. The third kappa shape index (κ3) is 2.62. The van der Waals surface area contributed by atoms with Crippen molar-refractivity contribution < 1.29 is 9.15 Å². The van der Waals surface area contributed by atoms with E-state index in [0.29, 0.717) is 11.3 Å². The van der Waals surface area contributed by atoms with Gasteiger partial charge in [0, 0.05) is 17.5 Å². The molecule has 0 radical (unpaired) electrons. The van der Waals surface area contributed by atoms with Gasteiger partial charge in [0.1, 0.15) is 11.3 Å². The molecule has 0 fully saturated rings. The van der Waals surface area contributed by atoms with E-state index in [0.717, 1.165) is 17.4 Å². The molecule has 1 aromatic heterocycles. The summed E-state index contributed by atoms with van der Waals surface area (Å²) < 4.78 is 10.4. The molecule has 0 aliphatic heterocycles. The zero-order valence-corrected chi connectivity index (χ0v) is 10.8. The van der Waals surface area contributed by atoms with Crippen LogP contribution < -0.4 is 10.4 Å². The maximum atomic E-state index is 11.2. The van der Waals surface area contributed by atoms with E-state index in [9.17, 15) is 4.79 Å². The molecule has 1 aromatic carbocycles. The highest BCUT2D eigenvalue weighted by Crippen LogP contribution is 2.25. The number of fused-ring (bicyclic) bond motifs is 1. The molecule has 2 aromatic rings. The Labute approximate surface area is 106 Å². The molecule has 94 valence electrons. The molecule has 0 saturated heterocycles. The minimum Gasteiger partial charge on any atom is -0.497 e. The zero-order valence-electron chi connectivity index (χ0n) is 10.8. The maximum Gasteiger partial charge on any atom is 0.336 e. The van der Waals surface area contributed by atoms with E-state index < -0.39 is 0 Å². The molecule has 0 N–H and O–H groups in total. The van der Waals surface area contributed by atoms with E-state index in [1.807, 2.05) is 6.07 Å². The van der Waals surface area contributed by atoms with Crippen molar-refractivity contribution in [3.8, 4) is 5.75 Å². The highest BCUT2D eigenvalue weighted by molar-refractivity contribution is 5.82. The lowest BCUT2D eigenvalue weighted by atomic mass is 10.0. The Hall–Kier alpha value is -2.03. The molecule has 0 spiro atoms. The number of ether oxygens (including phenoxy) is 1. The zero-order chi connectivity index (χ0) is 13.1. The molecule has 0 unspecified atom stereocenters. The number of rotatable bonds is 3. The third-order valence-corrected chi connectivity index (χ3v) is 2.76. The first kappa shape index (κ1) is 12.4. The second-order valence-electron chi connectivity index (χ2n) is 4.44. The van der Waals surface area contributed by atoms with Crippen LogP contribution in [0.4, 0.5) is 0 Å². The second kappa shape index (κ2) is 5.08. The summed E-state index contributed by atoms with van der Waals surface area (Å²) >= 11 is 0. The van der Waals surface area contributed by atoms with E-state index in [1.54, 1.807) is 19.2 Å². The first-order chi connectivity index (χ1) is 8.60. The summed E-state index contributed by atoms with van der Waals surface area (Å²) in [7, 11) is 1.60.